The van der Waals surface area contributed by atoms with E-state index in [9.17, 15) is 9.90 Å². The van der Waals surface area contributed by atoms with Crippen LogP contribution in [0.5, 0.6) is 0 Å². The molecule has 0 unspecified atom stereocenters. The van der Waals surface area contributed by atoms with E-state index in [4.69, 9.17) is 5.73 Å². The first-order chi connectivity index (χ1) is 10.2. The lowest BCUT2D eigenvalue weighted by Gasteiger charge is -2.24. The third kappa shape index (κ3) is 3.70. The molecular weight excluding hydrogens is 266 g/mol. The number of rotatable bonds is 7. The van der Waals surface area contributed by atoms with Crippen LogP contribution in [-0.4, -0.2) is 29.1 Å². The summed E-state index contributed by atoms with van der Waals surface area (Å²) in [4.78, 5) is 17.8. The van der Waals surface area contributed by atoms with Crippen LogP contribution in [0.1, 0.15) is 25.3 Å². The average molecular weight is 287 g/mol. The van der Waals surface area contributed by atoms with Gasteiger partial charge in [0.15, 0.2) is 0 Å². The number of fused-ring (bicyclic) bond motifs is 1. The van der Waals surface area contributed by atoms with E-state index in [1.54, 1.807) is 0 Å². The SMILES string of the molecule is CCCCN(CC(N)=O)c1nc2ccccc2cc1CO. The molecule has 0 radical (unpaired) electrons. The van der Waals surface area contributed by atoms with Gasteiger partial charge in [-0.25, -0.2) is 4.98 Å². The summed E-state index contributed by atoms with van der Waals surface area (Å²) in [6, 6.07) is 9.64. The van der Waals surface area contributed by atoms with Crippen LogP contribution in [0, 0.1) is 0 Å². The van der Waals surface area contributed by atoms with Crippen molar-refractivity contribution in [3.8, 4) is 0 Å². The highest BCUT2D eigenvalue weighted by Crippen LogP contribution is 2.24. The Hall–Kier alpha value is -2.14. The third-order valence-corrected chi connectivity index (χ3v) is 3.38. The molecule has 112 valence electrons. The second-order valence-electron chi connectivity index (χ2n) is 5.06. The van der Waals surface area contributed by atoms with Crippen LogP contribution >= 0.6 is 0 Å². The lowest BCUT2D eigenvalue weighted by Crippen LogP contribution is -2.35. The van der Waals surface area contributed by atoms with Gasteiger partial charge in [0.05, 0.1) is 18.7 Å². The van der Waals surface area contributed by atoms with E-state index in [0.29, 0.717) is 17.9 Å². The predicted molar refractivity (Wildman–Crippen MR) is 84.0 cm³/mol. The maximum Gasteiger partial charge on any atom is 0.236 e. The first-order valence-electron chi connectivity index (χ1n) is 7.18. The van der Waals surface area contributed by atoms with E-state index in [2.05, 4.69) is 11.9 Å². The number of anilines is 1. The van der Waals surface area contributed by atoms with Gasteiger partial charge < -0.3 is 15.7 Å². The summed E-state index contributed by atoms with van der Waals surface area (Å²) in [5.74, 6) is 0.244. The highest BCUT2D eigenvalue weighted by atomic mass is 16.3. The molecule has 21 heavy (non-hydrogen) atoms. The Morgan fingerprint density at radius 1 is 1.38 bits per heavy atom. The summed E-state index contributed by atoms with van der Waals surface area (Å²) in [7, 11) is 0. The number of carbonyl (C=O) groups excluding carboxylic acids is 1. The normalized spacial score (nSPS) is 10.8. The van der Waals surface area contributed by atoms with Crippen molar-refractivity contribution < 1.29 is 9.90 Å². The van der Waals surface area contributed by atoms with Crippen LogP contribution in [-0.2, 0) is 11.4 Å². The molecule has 1 amide bonds. The summed E-state index contributed by atoms with van der Waals surface area (Å²) in [6.45, 7) is 2.77. The fourth-order valence-electron chi connectivity index (χ4n) is 2.34. The maximum absolute atomic E-state index is 11.3. The smallest absolute Gasteiger partial charge is 0.236 e. The third-order valence-electron chi connectivity index (χ3n) is 3.38. The van der Waals surface area contributed by atoms with Crippen molar-refractivity contribution in [1.29, 1.82) is 0 Å². The van der Waals surface area contributed by atoms with E-state index >= 15 is 0 Å². The molecular formula is C16H21N3O2. The molecule has 3 N–H and O–H groups in total. The van der Waals surface area contributed by atoms with Crippen LogP contribution in [0.3, 0.4) is 0 Å². The molecule has 0 spiro atoms. The molecule has 0 aliphatic heterocycles. The summed E-state index contributed by atoms with van der Waals surface area (Å²) >= 11 is 0. The van der Waals surface area contributed by atoms with E-state index in [1.165, 1.54) is 0 Å². The Balaban J connectivity index is 2.45. The molecule has 1 heterocycles. The number of aromatic nitrogens is 1. The number of benzene rings is 1. The topological polar surface area (TPSA) is 79.5 Å². The fraction of sp³-hybridized carbons (Fsp3) is 0.375. The quantitative estimate of drug-likeness (QED) is 0.814. The minimum Gasteiger partial charge on any atom is -0.392 e. The minimum atomic E-state index is -0.398. The minimum absolute atomic E-state index is 0.109. The lowest BCUT2D eigenvalue weighted by atomic mass is 10.1. The molecule has 5 heteroatoms. The fourth-order valence-corrected chi connectivity index (χ4v) is 2.34. The summed E-state index contributed by atoms with van der Waals surface area (Å²) in [5, 5.41) is 10.6. The zero-order valence-corrected chi connectivity index (χ0v) is 12.2. The molecule has 0 fully saturated rings. The Labute approximate surface area is 124 Å². The molecule has 0 bridgehead atoms. The molecule has 5 nitrogen and oxygen atoms in total. The number of amides is 1. The molecule has 0 aliphatic rings. The number of primary amides is 1. The maximum atomic E-state index is 11.3. The number of carbonyl (C=O) groups is 1. The van der Waals surface area contributed by atoms with Crippen LogP contribution in [0.15, 0.2) is 30.3 Å². The van der Waals surface area contributed by atoms with Crippen molar-refractivity contribution >= 4 is 22.6 Å². The predicted octanol–water partition coefficient (Wildman–Crippen LogP) is 1.82. The number of nitrogens with zero attached hydrogens (tertiary/aromatic N) is 2. The number of nitrogens with two attached hydrogens (primary N) is 1. The van der Waals surface area contributed by atoms with Crippen LogP contribution in [0.25, 0.3) is 10.9 Å². The molecule has 0 saturated heterocycles. The van der Waals surface area contributed by atoms with E-state index in [1.807, 2.05) is 35.2 Å². The van der Waals surface area contributed by atoms with Crippen LogP contribution in [0.4, 0.5) is 5.82 Å². The van der Waals surface area contributed by atoms with Crippen molar-refractivity contribution in [3.05, 3.63) is 35.9 Å². The van der Waals surface area contributed by atoms with Gasteiger partial charge in [-0.1, -0.05) is 31.5 Å². The van der Waals surface area contributed by atoms with E-state index in [-0.39, 0.29) is 13.2 Å². The van der Waals surface area contributed by atoms with Gasteiger partial charge in [-0.05, 0) is 18.6 Å². The number of unbranched alkanes of at least 4 members (excludes halogenated alkanes) is 1. The van der Waals surface area contributed by atoms with Gasteiger partial charge >= 0.3 is 0 Å². The van der Waals surface area contributed by atoms with Gasteiger partial charge in [-0.3, -0.25) is 4.79 Å². The van der Waals surface area contributed by atoms with Gasteiger partial charge in [0.1, 0.15) is 5.82 Å². The van der Waals surface area contributed by atoms with Gasteiger partial charge in [-0.15, -0.1) is 0 Å². The number of pyridine rings is 1. The molecule has 0 atom stereocenters. The highest BCUT2D eigenvalue weighted by molar-refractivity contribution is 5.84. The first-order valence-corrected chi connectivity index (χ1v) is 7.18. The zero-order valence-electron chi connectivity index (χ0n) is 12.2. The number of aliphatic hydroxyl groups is 1. The Morgan fingerprint density at radius 3 is 2.81 bits per heavy atom. The molecule has 0 aliphatic carbocycles. The summed E-state index contributed by atoms with van der Waals surface area (Å²) in [5.41, 5.74) is 6.89. The molecule has 1 aromatic carbocycles. The summed E-state index contributed by atoms with van der Waals surface area (Å²) in [6.07, 6.45) is 1.95. The van der Waals surface area contributed by atoms with Gasteiger partial charge in [0.2, 0.25) is 5.91 Å². The number of para-hydroxylation sites is 1. The largest absolute Gasteiger partial charge is 0.392 e. The van der Waals surface area contributed by atoms with E-state index in [0.717, 1.165) is 23.7 Å². The van der Waals surface area contributed by atoms with Crippen molar-refractivity contribution in [2.24, 2.45) is 5.73 Å². The van der Waals surface area contributed by atoms with Crippen LogP contribution < -0.4 is 10.6 Å². The Kier molecular flexibility index (Phi) is 5.11. The van der Waals surface area contributed by atoms with Gasteiger partial charge in [0, 0.05) is 17.5 Å². The molecule has 1 aromatic heterocycles. The van der Waals surface area contributed by atoms with Gasteiger partial charge in [0.25, 0.3) is 0 Å². The second kappa shape index (κ2) is 7.04. The average Bonchev–Trinajstić information content (AvgIpc) is 2.49. The number of hydrogen-bond donors (Lipinski definition) is 2. The second-order valence-corrected chi connectivity index (χ2v) is 5.06. The number of hydrogen-bond acceptors (Lipinski definition) is 4. The first kappa shape index (κ1) is 15.3. The van der Waals surface area contributed by atoms with E-state index < -0.39 is 5.91 Å². The van der Waals surface area contributed by atoms with Crippen molar-refractivity contribution in [1.82, 2.24) is 4.98 Å². The summed E-state index contributed by atoms with van der Waals surface area (Å²) < 4.78 is 0. The highest BCUT2D eigenvalue weighted by Gasteiger charge is 2.15. The molecule has 2 aromatic rings. The monoisotopic (exact) mass is 287 g/mol. The van der Waals surface area contributed by atoms with Crippen molar-refractivity contribution in [2.45, 2.75) is 26.4 Å². The van der Waals surface area contributed by atoms with Gasteiger partial charge in [-0.2, -0.15) is 0 Å². The van der Waals surface area contributed by atoms with Crippen molar-refractivity contribution in [2.75, 3.05) is 18.0 Å². The Bertz CT molecular complexity index is 628. The molecule has 2 rings (SSSR count). The lowest BCUT2D eigenvalue weighted by molar-refractivity contribution is -0.116. The molecule has 0 saturated carbocycles. The number of aliphatic hydroxyl groups excluding tert-OH is 1. The van der Waals surface area contributed by atoms with Crippen LogP contribution in [0.2, 0.25) is 0 Å². The zero-order chi connectivity index (χ0) is 15.2. The Morgan fingerprint density at radius 2 is 2.14 bits per heavy atom. The van der Waals surface area contributed by atoms with Crippen molar-refractivity contribution in [3.63, 3.8) is 0 Å². The standard InChI is InChI=1S/C16H21N3O2/c1-2-3-8-19(10-15(17)21)16-13(11-20)9-12-6-4-5-7-14(12)18-16/h4-7,9,20H,2-3,8,10-11H2,1H3,(H2,17,21).